The fraction of sp³-hybridized carbons (Fsp3) is 0.333. The van der Waals surface area contributed by atoms with Crippen molar-refractivity contribution in [2.24, 2.45) is 0 Å². The van der Waals surface area contributed by atoms with Crippen molar-refractivity contribution in [2.75, 3.05) is 25.1 Å². The zero-order chi connectivity index (χ0) is 9.97. The number of hydrogen-bond donors (Lipinski definition) is 1. The molecule has 5 heteroatoms. The molecular formula is C9H11N3O2. The van der Waals surface area contributed by atoms with Crippen molar-refractivity contribution >= 4 is 16.7 Å². The third-order valence-corrected chi connectivity index (χ3v) is 2.11. The Kier molecular flexibility index (Phi) is 2.32. The topological polar surface area (TPSA) is 62.4 Å². The van der Waals surface area contributed by atoms with Crippen LogP contribution in [0.25, 0.3) is 11.0 Å². The van der Waals surface area contributed by atoms with Crippen molar-refractivity contribution in [3.05, 3.63) is 18.2 Å². The van der Waals surface area contributed by atoms with E-state index in [1.54, 1.807) is 0 Å². The summed E-state index contributed by atoms with van der Waals surface area (Å²) in [5.74, 6) is 0. The summed E-state index contributed by atoms with van der Waals surface area (Å²) >= 11 is 0. The molecule has 1 N–H and O–H groups in total. The molecule has 0 aliphatic carbocycles. The highest BCUT2D eigenvalue weighted by Crippen LogP contribution is 2.22. The summed E-state index contributed by atoms with van der Waals surface area (Å²) < 4.78 is 4.64. The number of aliphatic hydroxyl groups excluding tert-OH is 1. The van der Waals surface area contributed by atoms with Crippen LogP contribution in [0.4, 0.5) is 5.69 Å². The zero-order valence-corrected chi connectivity index (χ0v) is 7.84. The van der Waals surface area contributed by atoms with Gasteiger partial charge in [0.2, 0.25) is 0 Å². The van der Waals surface area contributed by atoms with Crippen LogP contribution in [0.5, 0.6) is 0 Å². The van der Waals surface area contributed by atoms with E-state index < -0.39 is 0 Å². The first-order valence-corrected chi connectivity index (χ1v) is 4.36. The van der Waals surface area contributed by atoms with Crippen LogP contribution in [-0.2, 0) is 0 Å². The van der Waals surface area contributed by atoms with E-state index in [1.807, 2.05) is 30.1 Å². The summed E-state index contributed by atoms with van der Waals surface area (Å²) in [6, 6.07) is 5.64. The lowest BCUT2D eigenvalue weighted by Gasteiger charge is -2.17. The normalized spacial score (nSPS) is 10.7. The van der Waals surface area contributed by atoms with E-state index >= 15 is 0 Å². The van der Waals surface area contributed by atoms with Crippen molar-refractivity contribution < 1.29 is 9.74 Å². The van der Waals surface area contributed by atoms with Gasteiger partial charge in [0.1, 0.15) is 5.52 Å². The van der Waals surface area contributed by atoms with E-state index in [0.29, 0.717) is 6.54 Å². The third kappa shape index (κ3) is 1.42. The number of aromatic nitrogens is 2. The lowest BCUT2D eigenvalue weighted by molar-refractivity contribution is 0.304. The van der Waals surface area contributed by atoms with E-state index in [-0.39, 0.29) is 6.61 Å². The smallest absolute Gasteiger partial charge is 0.158 e. The highest BCUT2D eigenvalue weighted by molar-refractivity contribution is 5.87. The van der Waals surface area contributed by atoms with Crippen molar-refractivity contribution in [2.45, 2.75) is 0 Å². The van der Waals surface area contributed by atoms with Gasteiger partial charge in [0.25, 0.3) is 0 Å². The van der Waals surface area contributed by atoms with Gasteiger partial charge in [-0.15, -0.1) is 0 Å². The molecule has 0 radical (unpaired) electrons. The number of anilines is 1. The van der Waals surface area contributed by atoms with E-state index in [2.05, 4.69) is 14.9 Å². The largest absolute Gasteiger partial charge is 0.395 e. The number of benzene rings is 1. The summed E-state index contributed by atoms with van der Waals surface area (Å²) in [5.41, 5.74) is 2.37. The molecule has 0 fully saturated rings. The van der Waals surface area contributed by atoms with Gasteiger partial charge in [-0.3, -0.25) is 0 Å². The van der Waals surface area contributed by atoms with Gasteiger partial charge in [0.15, 0.2) is 5.52 Å². The Bertz CT molecular complexity index is 427. The van der Waals surface area contributed by atoms with Gasteiger partial charge in [0.05, 0.1) is 12.3 Å². The molecule has 0 aliphatic rings. The van der Waals surface area contributed by atoms with Crippen molar-refractivity contribution in [1.82, 2.24) is 10.3 Å². The lowest BCUT2D eigenvalue weighted by Crippen LogP contribution is -2.21. The molecule has 0 unspecified atom stereocenters. The van der Waals surface area contributed by atoms with E-state index in [4.69, 9.17) is 5.11 Å². The maximum Gasteiger partial charge on any atom is 0.158 e. The molecule has 2 aromatic rings. The van der Waals surface area contributed by atoms with Crippen LogP contribution in [0, 0.1) is 0 Å². The van der Waals surface area contributed by atoms with Crippen LogP contribution in [0.1, 0.15) is 0 Å². The van der Waals surface area contributed by atoms with Crippen LogP contribution in [-0.4, -0.2) is 35.6 Å². The average Bonchev–Trinajstić information content (AvgIpc) is 2.65. The minimum Gasteiger partial charge on any atom is -0.395 e. The Morgan fingerprint density at radius 1 is 1.43 bits per heavy atom. The first-order valence-electron chi connectivity index (χ1n) is 4.36. The first-order chi connectivity index (χ1) is 6.83. The van der Waals surface area contributed by atoms with Crippen LogP contribution in [0.2, 0.25) is 0 Å². The molecule has 0 saturated carbocycles. The standard InChI is InChI=1S/C9H11N3O2/c1-12(5-6-13)8-4-2-3-7-9(8)11-14-10-7/h2-4,13H,5-6H2,1H3. The number of hydrogen-bond acceptors (Lipinski definition) is 5. The predicted octanol–water partition coefficient (Wildman–Crippen LogP) is 0.651. The molecule has 1 aromatic heterocycles. The Morgan fingerprint density at radius 3 is 3.07 bits per heavy atom. The fourth-order valence-corrected chi connectivity index (χ4v) is 1.37. The van der Waals surface area contributed by atoms with E-state index in [0.717, 1.165) is 16.7 Å². The molecule has 0 atom stereocenters. The Hall–Kier alpha value is -1.62. The number of rotatable bonds is 3. The van der Waals surface area contributed by atoms with Crippen LogP contribution in [0.15, 0.2) is 22.8 Å². The minimum atomic E-state index is 0.109. The van der Waals surface area contributed by atoms with Gasteiger partial charge in [0, 0.05) is 13.6 Å². The highest BCUT2D eigenvalue weighted by Gasteiger charge is 2.09. The maximum absolute atomic E-state index is 8.82. The summed E-state index contributed by atoms with van der Waals surface area (Å²) in [4.78, 5) is 1.91. The Balaban J connectivity index is 2.45. The molecule has 74 valence electrons. The molecule has 2 rings (SSSR count). The zero-order valence-electron chi connectivity index (χ0n) is 7.84. The number of likely N-dealkylation sites (N-methyl/N-ethyl adjacent to an activating group) is 1. The maximum atomic E-state index is 8.82. The predicted molar refractivity (Wildman–Crippen MR) is 52.2 cm³/mol. The van der Waals surface area contributed by atoms with Crippen LogP contribution >= 0.6 is 0 Å². The lowest BCUT2D eigenvalue weighted by atomic mass is 10.2. The molecule has 0 saturated heterocycles. The van der Waals surface area contributed by atoms with Crippen LogP contribution in [0.3, 0.4) is 0 Å². The molecular weight excluding hydrogens is 182 g/mol. The van der Waals surface area contributed by atoms with Gasteiger partial charge in [-0.25, -0.2) is 4.63 Å². The van der Waals surface area contributed by atoms with Crippen molar-refractivity contribution in [3.8, 4) is 0 Å². The molecule has 0 bridgehead atoms. The second-order valence-electron chi connectivity index (χ2n) is 3.05. The summed E-state index contributed by atoms with van der Waals surface area (Å²) in [5, 5.41) is 16.4. The fourth-order valence-electron chi connectivity index (χ4n) is 1.37. The van der Waals surface area contributed by atoms with Crippen molar-refractivity contribution in [1.29, 1.82) is 0 Å². The highest BCUT2D eigenvalue weighted by atomic mass is 16.6. The number of fused-ring (bicyclic) bond motifs is 1. The van der Waals surface area contributed by atoms with Crippen LogP contribution < -0.4 is 4.90 Å². The number of nitrogens with zero attached hydrogens (tertiary/aromatic N) is 3. The van der Waals surface area contributed by atoms with Gasteiger partial charge in [-0.1, -0.05) is 6.07 Å². The van der Waals surface area contributed by atoms with Gasteiger partial charge in [-0.2, -0.15) is 0 Å². The molecule has 0 aliphatic heterocycles. The van der Waals surface area contributed by atoms with Gasteiger partial charge >= 0.3 is 0 Å². The molecule has 14 heavy (non-hydrogen) atoms. The van der Waals surface area contributed by atoms with Crippen molar-refractivity contribution in [3.63, 3.8) is 0 Å². The van der Waals surface area contributed by atoms with E-state index in [9.17, 15) is 0 Å². The molecule has 1 aromatic carbocycles. The second kappa shape index (κ2) is 3.63. The molecule has 5 nitrogen and oxygen atoms in total. The SMILES string of the molecule is CN(CCO)c1cccc2nonc12. The number of aliphatic hydroxyl groups is 1. The molecule has 0 spiro atoms. The first kappa shape index (κ1) is 8.96. The molecule has 1 heterocycles. The van der Waals surface area contributed by atoms with Gasteiger partial charge < -0.3 is 10.0 Å². The second-order valence-corrected chi connectivity index (χ2v) is 3.05. The van der Waals surface area contributed by atoms with Gasteiger partial charge in [-0.05, 0) is 22.4 Å². The minimum absolute atomic E-state index is 0.109. The Labute approximate surface area is 80.9 Å². The van der Waals surface area contributed by atoms with E-state index in [1.165, 1.54) is 0 Å². The third-order valence-electron chi connectivity index (χ3n) is 2.11. The quantitative estimate of drug-likeness (QED) is 0.775. The summed E-state index contributed by atoms with van der Waals surface area (Å²) in [6.07, 6.45) is 0. The average molecular weight is 193 g/mol. The monoisotopic (exact) mass is 193 g/mol. The summed E-state index contributed by atoms with van der Waals surface area (Å²) in [7, 11) is 1.89. The Morgan fingerprint density at radius 2 is 2.29 bits per heavy atom. The summed E-state index contributed by atoms with van der Waals surface area (Å²) in [6.45, 7) is 0.671. The molecule has 0 amide bonds.